The Hall–Kier alpha value is -3.99. The summed E-state index contributed by atoms with van der Waals surface area (Å²) in [5.41, 5.74) is 10.6. The number of carbonyl (C=O) groups is 4. The quantitative estimate of drug-likeness (QED) is 0.381. The van der Waals surface area contributed by atoms with E-state index in [2.05, 4.69) is 15.5 Å². The Bertz CT molecular complexity index is 1090. The molecule has 2 rings (SSSR count). The number of anilines is 1. The summed E-state index contributed by atoms with van der Waals surface area (Å²) in [6.07, 6.45) is 0. The molecule has 0 bridgehead atoms. The summed E-state index contributed by atoms with van der Waals surface area (Å²) in [6, 6.07) is 4.97. The van der Waals surface area contributed by atoms with Gasteiger partial charge in [0, 0.05) is 23.3 Å². The van der Waals surface area contributed by atoms with Crippen LogP contribution in [0.4, 0.5) is 11.4 Å². The van der Waals surface area contributed by atoms with Crippen molar-refractivity contribution in [3.63, 3.8) is 0 Å². The van der Waals surface area contributed by atoms with Gasteiger partial charge in [-0.25, -0.2) is 0 Å². The van der Waals surface area contributed by atoms with E-state index < -0.39 is 29.5 Å². The van der Waals surface area contributed by atoms with Crippen LogP contribution in [-0.2, 0) is 9.59 Å². The first-order valence-electron chi connectivity index (χ1n) is 8.95. The van der Waals surface area contributed by atoms with Crippen molar-refractivity contribution >= 4 is 46.5 Å². The van der Waals surface area contributed by atoms with Gasteiger partial charge in [-0.3, -0.25) is 19.2 Å². The Morgan fingerprint density at radius 2 is 1.50 bits per heavy atom. The summed E-state index contributed by atoms with van der Waals surface area (Å²) in [5, 5.41) is 10.4. The molecule has 0 aliphatic rings. The number of hydrogen-bond acceptors (Lipinski definition) is 8. The zero-order chi connectivity index (χ0) is 24.0. The van der Waals surface area contributed by atoms with Gasteiger partial charge in [0.2, 0.25) is 17.9 Å². The molecule has 0 heterocycles. The first-order chi connectivity index (χ1) is 15.1. The summed E-state index contributed by atoms with van der Waals surface area (Å²) in [5.74, 6) is -2.59. The maximum absolute atomic E-state index is 12.7. The Kier molecular flexibility index (Phi) is 7.86. The molecule has 0 radical (unpaired) electrons. The summed E-state index contributed by atoms with van der Waals surface area (Å²) in [6.45, 7) is 1.15. The van der Waals surface area contributed by atoms with E-state index in [9.17, 15) is 19.2 Å². The summed E-state index contributed by atoms with van der Waals surface area (Å²) >= 11 is 6.05. The fourth-order valence-corrected chi connectivity index (χ4v) is 2.79. The van der Waals surface area contributed by atoms with Crippen molar-refractivity contribution in [1.29, 1.82) is 0 Å². The molecule has 3 amide bonds. The maximum Gasteiger partial charge on any atom is 0.258 e. The smallest absolute Gasteiger partial charge is 0.258 e. The molecule has 0 aromatic heterocycles. The van der Waals surface area contributed by atoms with E-state index in [1.54, 1.807) is 0 Å². The number of ether oxygens (including phenoxy) is 2. The largest absolute Gasteiger partial charge is 0.495 e. The first-order valence-corrected chi connectivity index (χ1v) is 9.33. The van der Waals surface area contributed by atoms with Gasteiger partial charge in [-0.15, -0.1) is 0 Å². The van der Waals surface area contributed by atoms with E-state index >= 15 is 0 Å². The summed E-state index contributed by atoms with van der Waals surface area (Å²) in [7, 11) is 2.77. The molecule has 1 atom stereocenters. The molecule has 0 spiro atoms. The van der Waals surface area contributed by atoms with Gasteiger partial charge in [-0.1, -0.05) is 11.6 Å². The monoisotopic (exact) mass is 461 g/mol. The van der Waals surface area contributed by atoms with E-state index in [0.717, 1.165) is 6.92 Å². The number of methoxy groups -OCH3 is 2. The molecule has 0 fully saturated rings. The molecule has 0 saturated carbocycles. The third-order valence-corrected chi connectivity index (χ3v) is 4.44. The summed E-state index contributed by atoms with van der Waals surface area (Å²) < 4.78 is 10.3. The summed E-state index contributed by atoms with van der Waals surface area (Å²) in [4.78, 5) is 47.7. The number of carbonyl (C=O) groups excluding carboxylic acids is 4. The van der Waals surface area contributed by atoms with Crippen LogP contribution in [0.1, 0.15) is 27.6 Å². The minimum atomic E-state index is -1.55. The van der Waals surface area contributed by atoms with Crippen LogP contribution < -0.4 is 26.3 Å². The van der Waals surface area contributed by atoms with Crippen molar-refractivity contribution in [3.05, 3.63) is 46.5 Å². The molecule has 11 nitrogen and oxygen atoms in total. The standard InChI is InChI=1S/C20H20ClN5O6/c1-9(27)17(20(30)24-14-8-15(31-2)13(21)7-16(14)32-3)26-25-12-5-10(18(22)28)4-11(6-12)19(23)29/h4-8,17H,1-3H3,(H2,22,28)(H2,23,29)(H,24,30). The van der Waals surface area contributed by atoms with Crippen molar-refractivity contribution in [1.82, 2.24) is 0 Å². The molecular weight excluding hydrogens is 442 g/mol. The van der Waals surface area contributed by atoms with Crippen LogP contribution in [0, 0.1) is 0 Å². The van der Waals surface area contributed by atoms with Crippen molar-refractivity contribution in [3.8, 4) is 11.5 Å². The Labute approximate surface area is 187 Å². The molecule has 0 aliphatic heterocycles. The third-order valence-electron chi connectivity index (χ3n) is 4.14. The SMILES string of the molecule is COc1cc(NC(=O)C(N=Nc2cc(C(N)=O)cc(C(N)=O)c2)C(C)=O)c(OC)cc1Cl. The molecule has 12 heteroatoms. The average Bonchev–Trinajstić information content (AvgIpc) is 2.74. The number of nitrogens with one attached hydrogen (secondary N) is 1. The van der Waals surface area contributed by atoms with Crippen LogP contribution in [0.3, 0.4) is 0 Å². The number of primary amides is 2. The van der Waals surface area contributed by atoms with Crippen molar-refractivity contribution in [2.75, 3.05) is 19.5 Å². The second kappa shape index (κ2) is 10.4. The van der Waals surface area contributed by atoms with Crippen molar-refractivity contribution in [2.45, 2.75) is 13.0 Å². The highest BCUT2D eigenvalue weighted by Gasteiger charge is 2.25. The van der Waals surface area contributed by atoms with Gasteiger partial charge in [0.1, 0.15) is 11.5 Å². The molecule has 2 aromatic carbocycles. The van der Waals surface area contributed by atoms with Crippen molar-refractivity contribution in [2.24, 2.45) is 21.7 Å². The van der Waals surface area contributed by atoms with E-state index in [4.69, 9.17) is 32.5 Å². The molecule has 168 valence electrons. The van der Waals surface area contributed by atoms with E-state index in [1.807, 2.05) is 0 Å². The van der Waals surface area contributed by atoms with Crippen LogP contribution in [-0.4, -0.2) is 43.8 Å². The highest BCUT2D eigenvalue weighted by Crippen LogP contribution is 2.36. The zero-order valence-electron chi connectivity index (χ0n) is 17.3. The number of hydrogen-bond donors (Lipinski definition) is 3. The Morgan fingerprint density at radius 1 is 0.938 bits per heavy atom. The highest BCUT2D eigenvalue weighted by molar-refractivity contribution is 6.32. The fourth-order valence-electron chi connectivity index (χ4n) is 2.56. The second-order valence-corrected chi connectivity index (χ2v) is 6.81. The number of ketones is 1. The van der Waals surface area contributed by atoms with E-state index in [-0.39, 0.29) is 39.0 Å². The molecule has 5 N–H and O–H groups in total. The normalized spacial score (nSPS) is 11.6. The zero-order valence-corrected chi connectivity index (χ0v) is 18.1. The predicted octanol–water partition coefficient (Wildman–Crippen LogP) is 2.23. The van der Waals surface area contributed by atoms with Gasteiger partial charge in [0.15, 0.2) is 5.78 Å². The highest BCUT2D eigenvalue weighted by atomic mass is 35.5. The Morgan fingerprint density at radius 3 is 1.97 bits per heavy atom. The number of azo groups is 1. The number of halogens is 1. The predicted molar refractivity (Wildman–Crippen MR) is 116 cm³/mol. The lowest BCUT2D eigenvalue weighted by Crippen LogP contribution is -2.32. The lowest BCUT2D eigenvalue weighted by Gasteiger charge is -2.14. The van der Waals surface area contributed by atoms with Gasteiger partial charge in [0.25, 0.3) is 5.91 Å². The number of Topliss-reactive ketones (excluding diaryl/α,β-unsaturated/α-hetero) is 1. The number of nitrogens with two attached hydrogens (primary N) is 2. The van der Waals surface area contributed by atoms with Crippen LogP contribution in [0.5, 0.6) is 11.5 Å². The maximum atomic E-state index is 12.7. The minimum Gasteiger partial charge on any atom is -0.495 e. The van der Waals surface area contributed by atoms with Gasteiger partial charge < -0.3 is 26.3 Å². The number of nitrogens with zero attached hydrogens (tertiary/aromatic N) is 2. The first kappa shape index (κ1) is 24.3. The van der Waals surface area contributed by atoms with Gasteiger partial charge in [-0.05, 0) is 25.1 Å². The van der Waals surface area contributed by atoms with Crippen LogP contribution in [0.2, 0.25) is 5.02 Å². The van der Waals surface area contributed by atoms with Crippen LogP contribution >= 0.6 is 11.6 Å². The molecule has 1 unspecified atom stereocenters. The molecule has 0 aliphatic carbocycles. The van der Waals surface area contributed by atoms with Crippen LogP contribution in [0.25, 0.3) is 0 Å². The molecule has 32 heavy (non-hydrogen) atoms. The van der Waals surface area contributed by atoms with Crippen LogP contribution in [0.15, 0.2) is 40.6 Å². The average molecular weight is 462 g/mol. The van der Waals surface area contributed by atoms with E-state index in [1.165, 1.54) is 44.6 Å². The van der Waals surface area contributed by atoms with Gasteiger partial charge >= 0.3 is 0 Å². The number of benzene rings is 2. The van der Waals surface area contributed by atoms with Gasteiger partial charge in [-0.2, -0.15) is 10.2 Å². The third kappa shape index (κ3) is 5.79. The number of amides is 3. The Balaban J connectivity index is 2.37. The lowest BCUT2D eigenvalue weighted by atomic mass is 10.1. The minimum absolute atomic E-state index is 0.0000993. The fraction of sp³-hybridized carbons (Fsp3) is 0.200. The topological polar surface area (TPSA) is 176 Å². The molecule has 0 saturated heterocycles. The number of rotatable bonds is 9. The lowest BCUT2D eigenvalue weighted by molar-refractivity contribution is -0.126. The molecule has 2 aromatic rings. The van der Waals surface area contributed by atoms with E-state index in [0.29, 0.717) is 0 Å². The molecular formula is C20H20ClN5O6. The second-order valence-electron chi connectivity index (χ2n) is 6.40. The van der Waals surface area contributed by atoms with Gasteiger partial charge in [0.05, 0.1) is 30.6 Å². The van der Waals surface area contributed by atoms with Crippen molar-refractivity contribution < 1.29 is 28.7 Å².